The normalized spacial score (nSPS) is 24.7. The van der Waals surface area contributed by atoms with Crippen molar-refractivity contribution < 1.29 is 9.47 Å². The minimum atomic E-state index is -1.73. The van der Waals surface area contributed by atoms with Gasteiger partial charge in [-0.3, -0.25) is 0 Å². The summed E-state index contributed by atoms with van der Waals surface area (Å²) in [5.74, 6) is -0.535. The largest absolute Gasteiger partial charge is 0.493 e. The Morgan fingerprint density at radius 2 is 1.97 bits per heavy atom. The molecule has 3 unspecified atom stereocenters. The lowest BCUT2D eigenvalue weighted by Gasteiger charge is -2.47. The SMILES string of the molecule is CCCCOc1ccc(C2C3CN(C)CC=C3C(C#N)C(=N)C2(C#N)C#N)cc1OC. The molecular weight excluding hydrogens is 390 g/mol. The van der Waals surface area contributed by atoms with E-state index in [1.807, 2.05) is 25.3 Å². The van der Waals surface area contributed by atoms with Gasteiger partial charge in [-0.05, 0) is 36.7 Å². The Kier molecular flexibility index (Phi) is 6.64. The maximum atomic E-state index is 10.1. The molecule has 1 heterocycles. The molecule has 2 aliphatic rings. The average Bonchev–Trinajstić information content (AvgIpc) is 2.79. The van der Waals surface area contributed by atoms with Crippen LogP contribution in [0.5, 0.6) is 11.5 Å². The molecule has 0 bridgehead atoms. The fourth-order valence-electron chi connectivity index (χ4n) is 4.65. The second kappa shape index (κ2) is 9.21. The van der Waals surface area contributed by atoms with E-state index in [1.165, 1.54) is 0 Å². The van der Waals surface area contributed by atoms with Crippen LogP contribution in [0.2, 0.25) is 0 Å². The zero-order valence-electron chi connectivity index (χ0n) is 18.2. The van der Waals surface area contributed by atoms with Crippen molar-refractivity contribution in [3.63, 3.8) is 0 Å². The fraction of sp³-hybridized carbons (Fsp3) is 0.500. The van der Waals surface area contributed by atoms with E-state index in [2.05, 4.69) is 30.0 Å². The number of likely N-dealkylation sites (N-methyl/N-ethyl adjacent to an activating group) is 1. The molecule has 160 valence electrons. The first-order valence-electron chi connectivity index (χ1n) is 10.5. The summed E-state index contributed by atoms with van der Waals surface area (Å²) in [5.41, 5.74) is -0.302. The van der Waals surface area contributed by atoms with Gasteiger partial charge in [0.2, 0.25) is 0 Å². The third-order valence-electron chi connectivity index (χ3n) is 6.27. The van der Waals surface area contributed by atoms with Crippen LogP contribution >= 0.6 is 0 Å². The lowest BCUT2D eigenvalue weighted by molar-refractivity contribution is 0.234. The third-order valence-corrected chi connectivity index (χ3v) is 6.27. The molecule has 31 heavy (non-hydrogen) atoms. The molecule has 0 radical (unpaired) electrons. The number of nitriles is 3. The van der Waals surface area contributed by atoms with Crippen molar-refractivity contribution in [1.82, 2.24) is 4.90 Å². The van der Waals surface area contributed by atoms with Crippen molar-refractivity contribution in [3.8, 4) is 29.7 Å². The highest BCUT2D eigenvalue weighted by molar-refractivity contribution is 6.00. The molecule has 7 nitrogen and oxygen atoms in total. The quantitative estimate of drug-likeness (QED) is 0.558. The monoisotopic (exact) mass is 417 g/mol. The fourth-order valence-corrected chi connectivity index (χ4v) is 4.65. The van der Waals surface area contributed by atoms with Gasteiger partial charge >= 0.3 is 0 Å². The van der Waals surface area contributed by atoms with E-state index in [-0.39, 0.29) is 11.6 Å². The molecule has 3 atom stereocenters. The van der Waals surface area contributed by atoms with E-state index in [9.17, 15) is 15.8 Å². The zero-order valence-corrected chi connectivity index (χ0v) is 18.2. The van der Waals surface area contributed by atoms with Crippen molar-refractivity contribution in [2.75, 3.05) is 33.9 Å². The summed E-state index contributed by atoms with van der Waals surface area (Å²) < 4.78 is 11.4. The van der Waals surface area contributed by atoms with Crippen molar-refractivity contribution in [3.05, 3.63) is 35.4 Å². The van der Waals surface area contributed by atoms with Crippen molar-refractivity contribution >= 4 is 5.71 Å². The van der Waals surface area contributed by atoms with Crippen LogP contribution in [0, 0.1) is 56.7 Å². The smallest absolute Gasteiger partial charge is 0.189 e. The predicted octanol–water partition coefficient (Wildman–Crippen LogP) is 3.65. The van der Waals surface area contributed by atoms with Gasteiger partial charge in [-0.1, -0.05) is 25.5 Å². The average molecular weight is 418 g/mol. The molecule has 1 N–H and O–H groups in total. The van der Waals surface area contributed by atoms with Gasteiger partial charge in [0.05, 0.1) is 37.6 Å². The summed E-state index contributed by atoms with van der Waals surface area (Å²) in [5, 5.41) is 38.7. The van der Waals surface area contributed by atoms with Crippen molar-refractivity contribution in [2.45, 2.75) is 25.7 Å². The highest BCUT2D eigenvalue weighted by Crippen LogP contribution is 2.54. The minimum Gasteiger partial charge on any atom is -0.493 e. The van der Waals surface area contributed by atoms with Gasteiger partial charge in [0.25, 0.3) is 0 Å². The molecule has 1 aromatic rings. The Morgan fingerprint density at radius 1 is 1.23 bits per heavy atom. The van der Waals surface area contributed by atoms with Gasteiger partial charge in [-0.15, -0.1) is 0 Å². The van der Waals surface area contributed by atoms with Gasteiger partial charge in [0.15, 0.2) is 16.9 Å². The van der Waals surface area contributed by atoms with Gasteiger partial charge in [-0.2, -0.15) is 15.8 Å². The summed E-state index contributed by atoms with van der Waals surface area (Å²) in [6, 6.07) is 11.9. The van der Waals surface area contributed by atoms with E-state index < -0.39 is 17.3 Å². The van der Waals surface area contributed by atoms with Crippen LogP contribution in [-0.2, 0) is 0 Å². The first-order chi connectivity index (χ1) is 15.0. The number of methoxy groups -OCH3 is 1. The van der Waals surface area contributed by atoms with Gasteiger partial charge in [-0.25, -0.2) is 0 Å². The van der Waals surface area contributed by atoms with E-state index in [1.54, 1.807) is 13.2 Å². The molecule has 0 spiro atoms. The Balaban J connectivity index is 2.14. The molecule has 1 aromatic carbocycles. The highest BCUT2D eigenvalue weighted by atomic mass is 16.5. The number of fused-ring (bicyclic) bond motifs is 1. The van der Waals surface area contributed by atoms with Crippen LogP contribution < -0.4 is 9.47 Å². The second-order valence-electron chi connectivity index (χ2n) is 8.13. The molecule has 1 fully saturated rings. The zero-order chi connectivity index (χ0) is 22.6. The van der Waals surface area contributed by atoms with E-state index in [0.717, 1.165) is 24.0 Å². The van der Waals surface area contributed by atoms with Crippen LogP contribution in [0.3, 0.4) is 0 Å². The summed E-state index contributed by atoms with van der Waals surface area (Å²) in [7, 11) is 3.53. The Labute approximate surface area is 183 Å². The minimum absolute atomic E-state index is 0.140. The van der Waals surface area contributed by atoms with Gasteiger partial charge < -0.3 is 19.8 Å². The number of hydrogen-bond acceptors (Lipinski definition) is 7. The topological polar surface area (TPSA) is 117 Å². The molecule has 7 heteroatoms. The molecule has 0 aromatic heterocycles. The van der Waals surface area contributed by atoms with E-state index >= 15 is 0 Å². The molecule has 1 aliphatic carbocycles. The van der Waals surface area contributed by atoms with Crippen LogP contribution in [-0.4, -0.2) is 44.5 Å². The summed E-state index contributed by atoms with van der Waals surface area (Å²) >= 11 is 0. The lowest BCUT2D eigenvalue weighted by atomic mass is 9.54. The number of nitrogens with one attached hydrogen (secondary N) is 1. The summed E-state index contributed by atoms with van der Waals surface area (Å²) in [4.78, 5) is 2.10. The van der Waals surface area contributed by atoms with E-state index in [4.69, 9.17) is 14.9 Å². The first kappa shape index (κ1) is 22.3. The number of rotatable bonds is 6. The highest BCUT2D eigenvalue weighted by Gasteiger charge is 2.57. The summed E-state index contributed by atoms with van der Waals surface area (Å²) in [6.45, 7) is 3.93. The van der Waals surface area contributed by atoms with Crippen LogP contribution in [0.25, 0.3) is 0 Å². The Hall–Kier alpha value is -3.34. The number of unbranched alkanes of at least 4 members (excludes halogenated alkanes) is 1. The number of nitrogens with zero attached hydrogens (tertiary/aromatic N) is 4. The molecular formula is C24H27N5O2. The standard InChI is InChI=1S/C24H27N5O2/c1-4-5-10-31-20-7-6-16(11-21(20)30-3)22-19-13-29(2)9-8-17(19)18(12-25)23(28)24(22,14-26)15-27/h6-8,11,18-19,22,28H,4-5,9-10,13H2,1-3H3. The van der Waals surface area contributed by atoms with Crippen molar-refractivity contribution in [2.24, 2.45) is 17.3 Å². The molecule has 0 amide bonds. The number of benzene rings is 1. The number of ether oxygens (including phenoxy) is 2. The van der Waals surface area contributed by atoms with E-state index in [0.29, 0.717) is 31.2 Å². The molecule has 3 rings (SSSR count). The summed E-state index contributed by atoms with van der Waals surface area (Å²) in [6.07, 6.45) is 3.91. The maximum Gasteiger partial charge on any atom is 0.189 e. The van der Waals surface area contributed by atoms with Crippen LogP contribution in [0.4, 0.5) is 0 Å². The maximum absolute atomic E-state index is 10.1. The second-order valence-corrected chi connectivity index (χ2v) is 8.13. The first-order valence-corrected chi connectivity index (χ1v) is 10.5. The Morgan fingerprint density at radius 3 is 2.58 bits per heavy atom. The van der Waals surface area contributed by atoms with Crippen molar-refractivity contribution in [1.29, 1.82) is 21.2 Å². The molecule has 1 saturated carbocycles. The lowest BCUT2D eigenvalue weighted by Crippen LogP contribution is -2.52. The molecule has 1 aliphatic heterocycles. The van der Waals surface area contributed by atoms with Crippen LogP contribution in [0.15, 0.2) is 29.8 Å². The van der Waals surface area contributed by atoms with Gasteiger partial charge in [0, 0.05) is 24.9 Å². The van der Waals surface area contributed by atoms with Crippen LogP contribution in [0.1, 0.15) is 31.2 Å². The number of hydrogen-bond donors (Lipinski definition) is 1. The predicted molar refractivity (Wildman–Crippen MR) is 116 cm³/mol. The molecule has 0 saturated heterocycles. The Bertz CT molecular complexity index is 996. The van der Waals surface area contributed by atoms with Gasteiger partial charge in [0.1, 0.15) is 5.92 Å². The third kappa shape index (κ3) is 3.76.